The summed E-state index contributed by atoms with van der Waals surface area (Å²) in [6.07, 6.45) is 1.65. The van der Waals surface area contributed by atoms with E-state index in [0.717, 1.165) is 17.0 Å². The maximum atomic E-state index is 12.7. The summed E-state index contributed by atoms with van der Waals surface area (Å²) in [6.45, 7) is 5.88. The van der Waals surface area contributed by atoms with Gasteiger partial charge in [0.05, 0.1) is 23.4 Å². The Bertz CT molecular complexity index is 1190. The second-order valence-electron chi connectivity index (χ2n) is 7.16. The zero-order chi connectivity index (χ0) is 21.4. The third-order valence-electron chi connectivity index (χ3n) is 5.32. The molecule has 0 aliphatic heterocycles. The Morgan fingerprint density at radius 3 is 2.20 bits per heavy atom. The molecule has 5 nitrogen and oxygen atoms in total. The third kappa shape index (κ3) is 3.08. The highest BCUT2D eigenvalue weighted by Gasteiger charge is 2.32. The van der Waals surface area contributed by atoms with Gasteiger partial charge in [-0.2, -0.15) is 0 Å². The largest absolute Gasteiger partial charge is 0.462 e. The molecule has 0 radical (unpaired) electrons. The summed E-state index contributed by atoms with van der Waals surface area (Å²) in [5, 5.41) is 0. The van der Waals surface area contributed by atoms with Crippen molar-refractivity contribution in [3.05, 3.63) is 93.8 Å². The van der Waals surface area contributed by atoms with Crippen molar-refractivity contribution < 1.29 is 19.1 Å². The molecule has 1 heterocycles. The number of rotatable bonds is 4. The number of aryl methyl sites for hydroxylation is 1. The van der Waals surface area contributed by atoms with Gasteiger partial charge in [0.25, 0.3) is 0 Å². The molecule has 0 spiro atoms. The van der Waals surface area contributed by atoms with Gasteiger partial charge in [0.2, 0.25) is 0 Å². The first-order valence-corrected chi connectivity index (χ1v) is 9.79. The van der Waals surface area contributed by atoms with Crippen molar-refractivity contribution in [3.63, 3.8) is 0 Å². The average molecular weight is 399 g/mol. The van der Waals surface area contributed by atoms with E-state index in [4.69, 9.17) is 4.74 Å². The fraction of sp³-hybridized carbons (Fsp3) is 0.160. The van der Waals surface area contributed by atoms with Crippen molar-refractivity contribution in [1.82, 2.24) is 4.57 Å². The van der Waals surface area contributed by atoms with Crippen molar-refractivity contribution >= 4 is 23.6 Å². The zero-order valence-electron chi connectivity index (χ0n) is 17.1. The number of hydrogen-bond acceptors (Lipinski definition) is 4. The lowest BCUT2D eigenvalue weighted by atomic mass is 10.1. The summed E-state index contributed by atoms with van der Waals surface area (Å²) >= 11 is 0. The number of carbonyl (C=O) groups is 3. The van der Waals surface area contributed by atoms with Crippen LogP contribution in [-0.2, 0) is 4.74 Å². The summed E-state index contributed by atoms with van der Waals surface area (Å²) in [5.41, 5.74) is 4.67. The molecule has 30 heavy (non-hydrogen) atoms. The van der Waals surface area contributed by atoms with Gasteiger partial charge in [-0.3, -0.25) is 9.59 Å². The van der Waals surface area contributed by atoms with Crippen LogP contribution >= 0.6 is 0 Å². The molecule has 0 N–H and O–H groups in total. The first-order chi connectivity index (χ1) is 14.4. The number of aromatic nitrogens is 1. The van der Waals surface area contributed by atoms with Gasteiger partial charge in [0, 0.05) is 22.5 Å². The number of fused-ring (bicyclic) bond motifs is 1. The van der Waals surface area contributed by atoms with Crippen LogP contribution in [0.25, 0.3) is 11.8 Å². The van der Waals surface area contributed by atoms with Crippen LogP contribution in [0.15, 0.2) is 60.2 Å². The van der Waals surface area contributed by atoms with Crippen LogP contribution < -0.4 is 0 Å². The Balaban J connectivity index is 1.81. The van der Waals surface area contributed by atoms with Crippen LogP contribution in [0.2, 0.25) is 0 Å². The van der Waals surface area contributed by atoms with E-state index >= 15 is 0 Å². The normalized spacial score (nSPS) is 12.8. The van der Waals surface area contributed by atoms with Gasteiger partial charge in [-0.05, 0) is 50.6 Å². The molecule has 1 aliphatic rings. The molecule has 3 aromatic rings. The van der Waals surface area contributed by atoms with Crippen LogP contribution in [0.4, 0.5) is 0 Å². The van der Waals surface area contributed by atoms with E-state index < -0.39 is 5.97 Å². The summed E-state index contributed by atoms with van der Waals surface area (Å²) in [6, 6.07) is 16.0. The number of carbonyl (C=O) groups excluding carboxylic acids is 3. The first kappa shape index (κ1) is 19.6. The molecule has 0 bridgehead atoms. The number of ether oxygens (including phenoxy) is 1. The number of Topliss-reactive ketones (excluding diaryl/α,β-unsaturated/α-hetero) is 2. The summed E-state index contributed by atoms with van der Waals surface area (Å²) in [5.74, 6) is -0.906. The summed E-state index contributed by atoms with van der Waals surface area (Å²) in [7, 11) is 0. The SMILES string of the molecule is CCOC(=O)c1ccccc1-n1c(C)cc(C=C2C(=O)c3ccccc3C2=O)c1C. The smallest absolute Gasteiger partial charge is 0.340 e. The lowest BCUT2D eigenvalue weighted by molar-refractivity contribution is 0.0526. The maximum Gasteiger partial charge on any atom is 0.340 e. The monoisotopic (exact) mass is 399 g/mol. The van der Waals surface area contributed by atoms with Crippen LogP contribution in [0.3, 0.4) is 0 Å². The highest BCUT2D eigenvalue weighted by atomic mass is 16.5. The minimum atomic E-state index is -0.392. The molecule has 0 fully saturated rings. The van der Waals surface area contributed by atoms with Gasteiger partial charge in [-0.1, -0.05) is 36.4 Å². The molecular weight excluding hydrogens is 378 g/mol. The molecule has 150 valence electrons. The molecule has 1 aromatic heterocycles. The van der Waals surface area contributed by atoms with Gasteiger partial charge in [-0.15, -0.1) is 0 Å². The summed E-state index contributed by atoms with van der Waals surface area (Å²) in [4.78, 5) is 37.9. The maximum absolute atomic E-state index is 12.7. The quantitative estimate of drug-likeness (QED) is 0.361. The molecule has 0 unspecified atom stereocenters. The van der Waals surface area contributed by atoms with Crippen LogP contribution in [0, 0.1) is 13.8 Å². The fourth-order valence-corrected chi connectivity index (χ4v) is 3.91. The number of benzene rings is 2. The number of nitrogens with zero attached hydrogens (tertiary/aromatic N) is 1. The standard InChI is InChI=1S/C25H21NO4/c1-4-30-25(29)20-11-7-8-12-22(20)26-15(2)13-17(16(26)3)14-21-23(27)18-9-5-6-10-19(18)24(21)28/h5-14H,4H2,1-3H3. The van der Waals surface area contributed by atoms with E-state index in [-0.39, 0.29) is 17.1 Å². The molecule has 0 amide bonds. The predicted molar refractivity (Wildman–Crippen MR) is 114 cm³/mol. The first-order valence-electron chi connectivity index (χ1n) is 9.79. The molecule has 1 aliphatic carbocycles. The molecule has 0 atom stereocenters. The number of ketones is 2. The Morgan fingerprint density at radius 2 is 1.57 bits per heavy atom. The lowest BCUT2D eigenvalue weighted by Gasteiger charge is -2.14. The van der Waals surface area contributed by atoms with E-state index in [9.17, 15) is 14.4 Å². The number of hydrogen-bond donors (Lipinski definition) is 0. The van der Waals surface area contributed by atoms with E-state index in [0.29, 0.717) is 29.0 Å². The number of allylic oxidation sites excluding steroid dienone is 1. The second-order valence-corrected chi connectivity index (χ2v) is 7.16. The van der Waals surface area contributed by atoms with Gasteiger partial charge in [0.1, 0.15) is 0 Å². The van der Waals surface area contributed by atoms with Gasteiger partial charge in [0.15, 0.2) is 11.6 Å². The predicted octanol–water partition coefficient (Wildman–Crippen LogP) is 4.73. The minimum absolute atomic E-state index is 0.162. The van der Waals surface area contributed by atoms with Gasteiger partial charge < -0.3 is 9.30 Å². The number of para-hydroxylation sites is 1. The van der Waals surface area contributed by atoms with E-state index in [1.807, 2.05) is 36.6 Å². The Hall–Kier alpha value is -3.73. The molecule has 5 heteroatoms. The average Bonchev–Trinajstić information content (AvgIpc) is 3.16. The van der Waals surface area contributed by atoms with Crippen LogP contribution in [0.1, 0.15) is 54.9 Å². The fourth-order valence-electron chi connectivity index (χ4n) is 3.91. The molecule has 4 rings (SSSR count). The van der Waals surface area contributed by atoms with Crippen molar-refractivity contribution in [2.24, 2.45) is 0 Å². The lowest BCUT2D eigenvalue weighted by Crippen LogP contribution is -2.11. The van der Waals surface area contributed by atoms with Crippen LogP contribution in [-0.4, -0.2) is 28.7 Å². The van der Waals surface area contributed by atoms with Crippen molar-refractivity contribution in [2.75, 3.05) is 6.61 Å². The Labute approximate surface area is 174 Å². The van der Waals surface area contributed by atoms with Crippen molar-refractivity contribution in [2.45, 2.75) is 20.8 Å². The van der Waals surface area contributed by atoms with Crippen molar-refractivity contribution in [3.8, 4) is 5.69 Å². The molecule has 0 saturated carbocycles. The minimum Gasteiger partial charge on any atom is -0.462 e. The summed E-state index contributed by atoms with van der Waals surface area (Å²) < 4.78 is 7.13. The zero-order valence-corrected chi connectivity index (χ0v) is 17.1. The highest BCUT2D eigenvalue weighted by molar-refractivity contribution is 6.41. The topological polar surface area (TPSA) is 65.4 Å². The molecule has 0 saturated heterocycles. The van der Waals surface area contributed by atoms with Crippen molar-refractivity contribution in [1.29, 1.82) is 0 Å². The molecular formula is C25H21NO4. The van der Waals surface area contributed by atoms with E-state index in [1.54, 1.807) is 49.4 Å². The highest BCUT2D eigenvalue weighted by Crippen LogP contribution is 2.30. The number of esters is 1. The van der Waals surface area contributed by atoms with Crippen LogP contribution in [0.5, 0.6) is 0 Å². The molecule has 2 aromatic carbocycles. The second kappa shape index (κ2) is 7.59. The van der Waals surface area contributed by atoms with E-state index in [2.05, 4.69) is 0 Å². The Morgan fingerprint density at radius 1 is 0.967 bits per heavy atom. The van der Waals surface area contributed by atoms with Gasteiger partial charge in [-0.25, -0.2) is 4.79 Å². The Kier molecular flexibility index (Phi) is 4.96. The van der Waals surface area contributed by atoms with E-state index in [1.165, 1.54) is 0 Å². The third-order valence-corrected chi connectivity index (χ3v) is 5.32. The van der Waals surface area contributed by atoms with Gasteiger partial charge >= 0.3 is 5.97 Å².